The summed E-state index contributed by atoms with van der Waals surface area (Å²) in [7, 11) is 0. The van der Waals surface area contributed by atoms with E-state index in [1.807, 2.05) is 37.3 Å². The first kappa shape index (κ1) is 24.6. The number of halogens is 2. The normalized spacial score (nSPS) is 14.8. The van der Waals surface area contributed by atoms with E-state index >= 15 is 0 Å². The Balaban J connectivity index is 1.70. The first-order chi connectivity index (χ1) is 15.5. The van der Waals surface area contributed by atoms with Crippen LogP contribution in [0.3, 0.4) is 0 Å². The average Bonchev–Trinajstić information content (AvgIpc) is 3.29. The van der Waals surface area contributed by atoms with Gasteiger partial charge in [0.15, 0.2) is 0 Å². The Hall–Kier alpha value is -2.05. The van der Waals surface area contributed by atoms with Gasteiger partial charge in [0, 0.05) is 28.9 Å². The summed E-state index contributed by atoms with van der Waals surface area (Å²) in [5.41, 5.74) is 1.36. The first-order valence-electron chi connectivity index (χ1n) is 11.1. The highest BCUT2D eigenvalue weighted by Gasteiger charge is 2.30. The second-order valence-electron chi connectivity index (χ2n) is 8.11. The van der Waals surface area contributed by atoms with Crippen molar-refractivity contribution >= 4 is 35.2 Å². The standard InChI is InChI=1S/C25H30ClFN2O2S/c1-2-23(25(31)28-19-11-6-7-12-19)29(15-18-9-4-3-5-10-18)24(30)17-32-16-20-21(26)13-8-14-22(20)27/h3-5,8-10,13-14,19,23H,2,6-7,11-12,15-17H2,1H3,(H,28,31)/t23-/m1/s1. The lowest BCUT2D eigenvalue weighted by Crippen LogP contribution is -2.51. The van der Waals surface area contributed by atoms with Gasteiger partial charge in [-0.3, -0.25) is 9.59 Å². The molecule has 4 nitrogen and oxygen atoms in total. The third-order valence-corrected chi connectivity index (χ3v) is 7.11. The van der Waals surface area contributed by atoms with Gasteiger partial charge in [-0.2, -0.15) is 0 Å². The van der Waals surface area contributed by atoms with Crippen LogP contribution in [0.1, 0.15) is 50.2 Å². The van der Waals surface area contributed by atoms with Crippen molar-refractivity contribution in [3.8, 4) is 0 Å². The van der Waals surface area contributed by atoms with Crippen LogP contribution in [0.4, 0.5) is 4.39 Å². The zero-order valence-electron chi connectivity index (χ0n) is 18.4. The Morgan fingerprint density at radius 1 is 1.16 bits per heavy atom. The summed E-state index contributed by atoms with van der Waals surface area (Å²) in [4.78, 5) is 28.0. The second-order valence-corrected chi connectivity index (χ2v) is 9.51. The third-order valence-electron chi connectivity index (χ3n) is 5.82. The largest absolute Gasteiger partial charge is 0.352 e. The molecule has 7 heteroatoms. The molecular formula is C25H30ClFN2O2S. The van der Waals surface area contributed by atoms with E-state index in [1.54, 1.807) is 17.0 Å². The molecule has 2 aromatic carbocycles. The number of benzene rings is 2. The summed E-state index contributed by atoms with van der Waals surface area (Å²) < 4.78 is 14.1. The van der Waals surface area contributed by atoms with Gasteiger partial charge in [0.25, 0.3) is 0 Å². The van der Waals surface area contributed by atoms with E-state index in [0.29, 0.717) is 29.3 Å². The highest BCUT2D eigenvalue weighted by Crippen LogP contribution is 2.25. The van der Waals surface area contributed by atoms with Gasteiger partial charge in [0.2, 0.25) is 11.8 Å². The van der Waals surface area contributed by atoms with Gasteiger partial charge in [0.1, 0.15) is 11.9 Å². The highest BCUT2D eigenvalue weighted by atomic mass is 35.5. The minimum atomic E-state index is -0.541. The van der Waals surface area contributed by atoms with Gasteiger partial charge >= 0.3 is 0 Å². The van der Waals surface area contributed by atoms with Gasteiger partial charge in [-0.1, -0.05) is 67.8 Å². The monoisotopic (exact) mass is 476 g/mol. The molecule has 0 unspecified atom stereocenters. The number of amides is 2. The van der Waals surface area contributed by atoms with Crippen LogP contribution < -0.4 is 5.32 Å². The molecule has 0 aromatic heterocycles. The Labute approximate surface area is 198 Å². The fraction of sp³-hybridized carbons (Fsp3) is 0.440. The smallest absolute Gasteiger partial charge is 0.243 e. The lowest BCUT2D eigenvalue weighted by molar-refractivity contribution is -0.139. The maximum atomic E-state index is 14.1. The maximum absolute atomic E-state index is 14.1. The molecule has 2 amide bonds. The summed E-state index contributed by atoms with van der Waals surface area (Å²) in [5, 5.41) is 3.50. The number of hydrogen-bond acceptors (Lipinski definition) is 3. The predicted octanol–water partition coefficient (Wildman–Crippen LogP) is 5.58. The topological polar surface area (TPSA) is 49.4 Å². The molecule has 2 aromatic rings. The lowest BCUT2D eigenvalue weighted by Gasteiger charge is -2.31. The van der Waals surface area contributed by atoms with Crippen molar-refractivity contribution in [2.45, 2.75) is 63.4 Å². The number of rotatable bonds is 10. The molecule has 1 atom stereocenters. The van der Waals surface area contributed by atoms with Crippen molar-refractivity contribution in [3.63, 3.8) is 0 Å². The zero-order chi connectivity index (χ0) is 22.9. The number of carbonyl (C=O) groups excluding carboxylic acids is 2. The fourth-order valence-electron chi connectivity index (χ4n) is 4.06. The summed E-state index contributed by atoms with van der Waals surface area (Å²) in [5.74, 6) is -0.168. The molecule has 1 aliphatic carbocycles. The van der Waals surface area contributed by atoms with E-state index in [-0.39, 0.29) is 29.4 Å². The Morgan fingerprint density at radius 2 is 1.88 bits per heavy atom. The fourth-order valence-corrected chi connectivity index (χ4v) is 5.31. The molecule has 0 saturated heterocycles. The molecular weight excluding hydrogens is 447 g/mol. The van der Waals surface area contributed by atoms with E-state index in [0.717, 1.165) is 31.2 Å². The number of thioether (sulfide) groups is 1. The van der Waals surface area contributed by atoms with Crippen LogP contribution in [0.2, 0.25) is 5.02 Å². The van der Waals surface area contributed by atoms with Crippen LogP contribution in [0.5, 0.6) is 0 Å². The van der Waals surface area contributed by atoms with E-state index < -0.39 is 6.04 Å². The summed E-state index contributed by atoms with van der Waals surface area (Å²) >= 11 is 7.42. The van der Waals surface area contributed by atoms with E-state index in [4.69, 9.17) is 11.6 Å². The average molecular weight is 477 g/mol. The van der Waals surface area contributed by atoms with Gasteiger partial charge in [-0.05, 0) is 37.0 Å². The van der Waals surface area contributed by atoms with Crippen LogP contribution >= 0.6 is 23.4 Å². The number of carbonyl (C=O) groups is 2. The molecule has 32 heavy (non-hydrogen) atoms. The van der Waals surface area contributed by atoms with Gasteiger partial charge in [-0.15, -0.1) is 11.8 Å². The molecule has 0 bridgehead atoms. The van der Waals surface area contributed by atoms with Crippen LogP contribution in [-0.2, 0) is 21.9 Å². The molecule has 1 saturated carbocycles. The lowest BCUT2D eigenvalue weighted by atomic mass is 10.1. The maximum Gasteiger partial charge on any atom is 0.243 e. The zero-order valence-corrected chi connectivity index (χ0v) is 19.9. The Morgan fingerprint density at radius 3 is 2.53 bits per heavy atom. The van der Waals surface area contributed by atoms with Crippen LogP contribution in [0, 0.1) is 5.82 Å². The van der Waals surface area contributed by atoms with Crippen LogP contribution in [-0.4, -0.2) is 34.6 Å². The van der Waals surface area contributed by atoms with Crippen molar-refractivity contribution < 1.29 is 14.0 Å². The molecule has 1 fully saturated rings. The molecule has 0 radical (unpaired) electrons. The van der Waals surface area contributed by atoms with Crippen molar-refractivity contribution in [2.24, 2.45) is 0 Å². The Kier molecular flexibility index (Phi) is 9.42. The molecule has 172 valence electrons. The third kappa shape index (κ3) is 6.72. The minimum absolute atomic E-state index is 0.0918. The second kappa shape index (κ2) is 12.3. The van der Waals surface area contributed by atoms with Gasteiger partial charge in [-0.25, -0.2) is 4.39 Å². The van der Waals surface area contributed by atoms with E-state index in [9.17, 15) is 14.0 Å². The van der Waals surface area contributed by atoms with Crippen LogP contribution in [0.25, 0.3) is 0 Å². The molecule has 1 aliphatic rings. The first-order valence-corrected chi connectivity index (χ1v) is 12.7. The molecule has 0 spiro atoms. The SMILES string of the molecule is CC[C@H](C(=O)NC1CCCC1)N(Cc1ccccc1)C(=O)CSCc1c(F)cccc1Cl. The minimum Gasteiger partial charge on any atom is -0.352 e. The summed E-state index contributed by atoms with van der Waals surface area (Å²) in [6.07, 6.45) is 4.77. The number of hydrogen-bond donors (Lipinski definition) is 1. The highest BCUT2D eigenvalue weighted by molar-refractivity contribution is 7.99. The Bertz CT molecular complexity index is 886. The molecule has 3 rings (SSSR count). The van der Waals surface area contributed by atoms with Crippen molar-refractivity contribution in [1.82, 2.24) is 10.2 Å². The molecule has 1 N–H and O–H groups in total. The molecule has 0 aliphatic heterocycles. The van der Waals surface area contributed by atoms with Gasteiger partial charge < -0.3 is 10.2 Å². The number of nitrogens with one attached hydrogen (secondary N) is 1. The number of nitrogens with zero attached hydrogens (tertiary/aromatic N) is 1. The van der Waals surface area contributed by atoms with Gasteiger partial charge in [0.05, 0.1) is 5.75 Å². The summed E-state index contributed by atoms with van der Waals surface area (Å²) in [6.45, 7) is 2.29. The van der Waals surface area contributed by atoms with E-state index in [2.05, 4.69) is 5.32 Å². The van der Waals surface area contributed by atoms with Crippen LogP contribution in [0.15, 0.2) is 48.5 Å². The quantitative estimate of drug-likeness (QED) is 0.487. The van der Waals surface area contributed by atoms with Crippen molar-refractivity contribution in [1.29, 1.82) is 0 Å². The van der Waals surface area contributed by atoms with Crippen molar-refractivity contribution in [3.05, 3.63) is 70.5 Å². The predicted molar refractivity (Wildman–Crippen MR) is 129 cm³/mol. The van der Waals surface area contributed by atoms with Crippen molar-refractivity contribution in [2.75, 3.05) is 5.75 Å². The van der Waals surface area contributed by atoms with E-state index in [1.165, 1.54) is 17.8 Å². The summed E-state index contributed by atoms with van der Waals surface area (Å²) in [6, 6.07) is 13.9. The molecule has 0 heterocycles.